The van der Waals surface area contributed by atoms with Gasteiger partial charge in [0.1, 0.15) is 30.2 Å². The molecular formula is C38H48N12O15S2. The maximum atomic E-state index is 13.7. The lowest BCUT2D eigenvalue weighted by Gasteiger charge is -2.27. The zero-order valence-electron chi connectivity index (χ0n) is 35.2. The molecule has 0 spiro atoms. The fourth-order valence-electron chi connectivity index (χ4n) is 6.55. The smallest absolute Gasteiger partial charge is 0.310 e. The molecule has 2 saturated heterocycles. The Kier molecular flexibility index (Phi) is 19.6. The van der Waals surface area contributed by atoms with Crippen LogP contribution in [0.3, 0.4) is 0 Å². The molecule has 3 heterocycles. The number of nitrogens with one attached hydrogen (secondary N) is 7. The minimum absolute atomic E-state index is 0.0311. The second-order valence-electron chi connectivity index (χ2n) is 15.0. The van der Waals surface area contributed by atoms with E-state index in [1.54, 1.807) is 12.1 Å². The molecule has 2 aliphatic rings. The van der Waals surface area contributed by atoms with Crippen molar-refractivity contribution in [1.29, 1.82) is 0 Å². The lowest BCUT2D eigenvalue weighted by molar-refractivity contribution is -0.385. The maximum absolute atomic E-state index is 13.7. The van der Waals surface area contributed by atoms with Gasteiger partial charge in [0.15, 0.2) is 5.75 Å². The molecule has 9 amide bonds. The summed E-state index contributed by atoms with van der Waals surface area (Å²) >= 11 is 0. The number of rotatable bonds is 11. The molecule has 7 atom stereocenters. The van der Waals surface area contributed by atoms with Crippen LogP contribution in [0.2, 0.25) is 0 Å². The van der Waals surface area contributed by atoms with Crippen LogP contribution < -0.4 is 48.7 Å². The lowest BCUT2D eigenvalue weighted by atomic mass is 10.0. The van der Waals surface area contributed by atoms with E-state index in [1.807, 2.05) is 0 Å². The number of primary amides is 2. The Labute approximate surface area is 387 Å². The van der Waals surface area contributed by atoms with E-state index >= 15 is 0 Å². The molecule has 0 bridgehead atoms. The number of benzene rings is 1. The third kappa shape index (κ3) is 16.4. The summed E-state index contributed by atoms with van der Waals surface area (Å²) in [5, 5.41) is 58.4. The van der Waals surface area contributed by atoms with Crippen molar-refractivity contribution in [2.75, 3.05) is 31.1 Å². The van der Waals surface area contributed by atoms with Crippen LogP contribution in [0.5, 0.6) is 5.75 Å². The molecule has 2 aliphatic heterocycles. The number of carboxylic acid groups (broad SMARTS) is 1. The number of aliphatic carboxylic acids is 1. The first-order chi connectivity index (χ1) is 31.7. The van der Waals surface area contributed by atoms with Gasteiger partial charge in [-0.1, -0.05) is 33.7 Å². The minimum atomic E-state index is -1.77. The summed E-state index contributed by atoms with van der Waals surface area (Å²) in [6.45, 7) is -2.16. The van der Waals surface area contributed by atoms with Gasteiger partial charge in [-0.3, -0.25) is 63.0 Å². The number of carboxylic acids is 1. The SMILES string of the molecule is NC(=O)C[C@@H]1NC(=O)[C@@H]2C[C@@H](O)CN2C(=O)CNC(=O)[C@H](Cc2ccc(O)c([N+](=O)[O-])c2)NC(=O)CNC(=O)[C@@H](CC(=O)O)NC(=O)[C@H](NCc2cccnc2)CSSC[C@H](C(N)=O)NC1=O. The fourth-order valence-corrected chi connectivity index (χ4v) is 8.93. The highest BCUT2D eigenvalue weighted by atomic mass is 33.1. The number of carbonyl (C=O) groups excluding carboxylic acids is 9. The van der Waals surface area contributed by atoms with E-state index in [9.17, 15) is 73.4 Å². The number of hydrogen-bond donors (Lipinski definition) is 12. The quantitative estimate of drug-likeness (QED) is 0.0569. The number of aliphatic hydroxyl groups is 1. The van der Waals surface area contributed by atoms with Gasteiger partial charge < -0.3 is 68.9 Å². The van der Waals surface area contributed by atoms with Gasteiger partial charge in [-0.25, -0.2) is 0 Å². The molecule has 4 rings (SSSR count). The number of phenolic OH excluding ortho intramolecular Hbond substituents is 1. The number of aromatic nitrogens is 1. The topological polar surface area (TPSA) is 427 Å². The number of pyridine rings is 1. The molecular weight excluding hydrogens is 929 g/mol. The molecule has 14 N–H and O–H groups in total. The molecule has 1 aromatic heterocycles. The van der Waals surface area contributed by atoms with Crippen molar-refractivity contribution in [2.24, 2.45) is 11.5 Å². The first-order valence-corrected chi connectivity index (χ1v) is 22.6. The molecule has 2 aromatic rings. The van der Waals surface area contributed by atoms with Crippen LogP contribution in [0.15, 0.2) is 42.7 Å². The molecule has 0 radical (unpaired) electrons. The van der Waals surface area contributed by atoms with E-state index in [0.717, 1.165) is 38.6 Å². The van der Waals surface area contributed by atoms with Gasteiger partial charge >= 0.3 is 11.7 Å². The monoisotopic (exact) mass is 976 g/mol. The van der Waals surface area contributed by atoms with Crippen molar-refractivity contribution in [3.8, 4) is 5.75 Å². The number of hydrogen-bond acceptors (Lipinski definition) is 18. The average Bonchev–Trinajstić information content (AvgIpc) is 3.67. The number of nitrogens with zero attached hydrogens (tertiary/aromatic N) is 3. The second-order valence-corrected chi connectivity index (χ2v) is 17.6. The maximum Gasteiger partial charge on any atom is 0.310 e. The molecule has 362 valence electrons. The third-order valence-corrected chi connectivity index (χ3v) is 12.3. The van der Waals surface area contributed by atoms with Gasteiger partial charge in [0.25, 0.3) is 0 Å². The predicted octanol–water partition coefficient (Wildman–Crippen LogP) is -5.24. The Balaban J connectivity index is 1.67. The van der Waals surface area contributed by atoms with Crippen LogP contribution in [0.4, 0.5) is 5.69 Å². The summed E-state index contributed by atoms with van der Waals surface area (Å²) < 4.78 is 0. The number of fused-ring (bicyclic) bond motifs is 1. The number of nitro groups is 1. The van der Waals surface area contributed by atoms with E-state index in [0.29, 0.717) is 5.56 Å². The van der Waals surface area contributed by atoms with Crippen LogP contribution >= 0.6 is 21.6 Å². The zero-order valence-corrected chi connectivity index (χ0v) is 36.8. The van der Waals surface area contributed by atoms with Gasteiger partial charge in [-0.05, 0) is 23.3 Å². The Bertz CT molecular complexity index is 2220. The standard InChI is InChI=1S/C38H48N12O15S2/c39-29(53)9-22-36(61)48-24(33(40)58)16-66-67-17-25(42-12-19-2-1-5-41-11-19)37(62)46-23(10-32(56)57)35(60)43-13-30(54)45-21(6-18-3-4-28(52)26(7-18)50(64)65)34(59)44-14-31(55)49-15-20(51)8-27(49)38(63)47-22/h1-5,7,11,20-25,27,42,51-52H,6,8-10,12-17H2,(H2,39,53)(H2,40,58)(H,43,60)(H,44,59)(H,45,54)(H,46,62)(H,47,63)(H,48,61)(H,56,57)/t20-,21+,22+,23-,24-,25-,27+/m1/s1. The minimum Gasteiger partial charge on any atom is -0.502 e. The first-order valence-electron chi connectivity index (χ1n) is 20.1. The van der Waals surface area contributed by atoms with E-state index in [2.05, 4.69) is 42.2 Å². The Hall–Kier alpha value is -7.11. The van der Waals surface area contributed by atoms with E-state index in [-0.39, 0.29) is 30.0 Å². The summed E-state index contributed by atoms with van der Waals surface area (Å²) in [6, 6.07) is -2.82. The van der Waals surface area contributed by atoms with Crippen molar-refractivity contribution >= 4 is 86.4 Å². The summed E-state index contributed by atoms with van der Waals surface area (Å²) in [4.78, 5) is 146. The fraction of sp³-hybridized carbons (Fsp3) is 0.447. The number of phenols is 1. The summed E-state index contributed by atoms with van der Waals surface area (Å²) in [7, 11) is 1.95. The number of aliphatic hydroxyl groups excluding tert-OH is 1. The zero-order chi connectivity index (χ0) is 49.4. The predicted molar refractivity (Wildman–Crippen MR) is 233 cm³/mol. The average molecular weight is 977 g/mol. The Morgan fingerprint density at radius 2 is 1.52 bits per heavy atom. The summed E-state index contributed by atoms with van der Waals surface area (Å²) in [6.07, 6.45) is -0.868. The second kappa shape index (κ2) is 25.0. The van der Waals surface area contributed by atoms with Gasteiger partial charge in [-0.2, -0.15) is 0 Å². The third-order valence-electron chi connectivity index (χ3n) is 9.92. The highest BCUT2D eigenvalue weighted by molar-refractivity contribution is 8.76. The highest BCUT2D eigenvalue weighted by Crippen LogP contribution is 2.27. The van der Waals surface area contributed by atoms with Crippen molar-refractivity contribution in [1.82, 2.24) is 47.1 Å². The highest BCUT2D eigenvalue weighted by Gasteiger charge is 2.41. The number of nitrogens with two attached hydrogens (primary N) is 2. The van der Waals surface area contributed by atoms with Gasteiger partial charge in [0.2, 0.25) is 53.2 Å². The normalized spacial score (nSPS) is 24.4. The Morgan fingerprint density at radius 3 is 2.18 bits per heavy atom. The molecule has 27 nitrogen and oxygen atoms in total. The van der Waals surface area contributed by atoms with E-state index < -0.39 is 157 Å². The molecule has 67 heavy (non-hydrogen) atoms. The van der Waals surface area contributed by atoms with Crippen LogP contribution in [0, 0.1) is 10.1 Å². The number of aromatic hydroxyl groups is 1. The van der Waals surface area contributed by atoms with Crippen molar-refractivity contribution in [3.63, 3.8) is 0 Å². The van der Waals surface area contributed by atoms with Gasteiger partial charge in [0, 0.05) is 55.9 Å². The van der Waals surface area contributed by atoms with E-state index in [4.69, 9.17) is 11.5 Å². The molecule has 1 aromatic carbocycles. The number of amides is 9. The first kappa shape index (κ1) is 52.5. The number of nitro benzene ring substituents is 1. The number of carbonyl (C=O) groups is 10. The van der Waals surface area contributed by atoms with Crippen LogP contribution in [0.25, 0.3) is 0 Å². The Morgan fingerprint density at radius 1 is 0.851 bits per heavy atom. The van der Waals surface area contributed by atoms with Gasteiger partial charge in [0.05, 0.1) is 43.0 Å². The van der Waals surface area contributed by atoms with Crippen molar-refractivity contribution < 1.29 is 68.2 Å². The van der Waals surface area contributed by atoms with E-state index in [1.165, 1.54) is 18.5 Å². The molecule has 0 saturated carbocycles. The van der Waals surface area contributed by atoms with Crippen LogP contribution in [-0.2, 0) is 60.9 Å². The lowest BCUT2D eigenvalue weighted by Crippen LogP contribution is -2.58. The van der Waals surface area contributed by atoms with Crippen molar-refractivity contribution in [3.05, 3.63) is 64.0 Å². The molecule has 0 aliphatic carbocycles. The molecule has 0 unspecified atom stereocenters. The summed E-state index contributed by atoms with van der Waals surface area (Å²) in [5.74, 6) is -11.9. The molecule has 2 fully saturated rings. The molecule has 29 heteroatoms. The van der Waals surface area contributed by atoms with Crippen LogP contribution in [-0.4, -0.2) is 163 Å². The largest absolute Gasteiger partial charge is 0.502 e. The summed E-state index contributed by atoms with van der Waals surface area (Å²) in [5.41, 5.74) is 10.8. The van der Waals surface area contributed by atoms with Crippen LogP contribution in [0.1, 0.15) is 30.4 Å². The van der Waals surface area contributed by atoms with Gasteiger partial charge in [-0.15, -0.1) is 0 Å². The van der Waals surface area contributed by atoms with Crippen molar-refractivity contribution in [2.45, 2.75) is 74.6 Å².